The fourth-order valence-corrected chi connectivity index (χ4v) is 3.03. The van der Waals surface area contributed by atoms with Crippen molar-refractivity contribution in [1.29, 1.82) is 0 Å². The summed E-state index contributed by atoms with van der Waals surface area (Å²) in [5.41, 5.74) is 1.84. The highest BCUT2D eigenvalue weighted by atomic mass is 16.2. The minimum atomic E-state index is 0.176. The molecular weight excluding hydrogens is 320 g/mol. The maximum atomic E-state index is 12.4. The molecule has 130 valence electrons. The quantitative estimate of drug-likeness (QED) is 0.682. The molecule has 4 rings (SSSR count). The second kappa shape index (κ2) is 6.50. The van der Waals surface area contributed by atoms with Gasteiger partial charge in [-0.2, -0.15) is 9.61 Å². The van der Waals surface area contributed by atoms with E-state index in [2.05, 4.69) is 25.3 Å². The van der Waals surface area contributed by atoms with Gasteiger partial charge in [-0.25, -0.2) is 0 Å². The highest BCUT2D eigenvalue weighted by Crippen LogP contribution is 2.14. The number of hydrogen-bond acceptors (Lipinski definition) is 6. The molecule has 3 aromatic rings. The van der Waals surface area contributed by atoms with Gasteiger partial charge >= 0.3 is 0 Å². The van der Waals surface area contributed by atoms with Crippen LogP contribution in [-0.4, -0.2) is 66.6 Å². The maximum Gasteiger partial charge on any atom is 0.224 e. The van der Waals surface area contributed by atoms with Crippen molar-refractivity contribution in [3.8, 4) is 0 Å². The molecule has 1 amide bonds. The van der Waals surface area contributed by atoms with Crippen LogP contribution in [0.1, 0.15) is 12.0 Å². The van der Waals surface area contributed by atoms with E-state index in [1.807, 2.05) is 41.0 Å². The zero-order valence-electron chi connectivity index (χ0n) is 14.1. The minimum Gasteiger partial charge on any atom is -0.352 e. The largest absolute Gasteiger partial charge is 0.352 e. The molecule has 0 bridgehead atoms. The maximum absolute atomic E-state index is 12.4. The van der Waals surface area contributed by atoms with Gasteiger partial charge in [0.2, 0.25) is 5.91 Å². The van der Waals surface area contributed by atoms with Crippen LogP contribution in [0.15, 0.2) is 30.9 Å². The number of carbonyl (C=O) groups excluding carboxylic acids is 1. The van der Waals surface area contributed by atoms with Crippen LogP contribution in [0.2, 0.25) is 0 Å². The average molecular weight is 340 g/mol. The van der Waals surface area contributed by atoms with E-state index < -0.39 is 0 Å². The van der Waals surface area contributed by atoms with Crippen molar-refractivity contribution >= 4 is 17.4 Å². The number of amides is 1. The Labute approximate surface area is 144 Å². The van der Waals surface area contributed by atoms with Crippen LogP contribution in [0.3, 0.4) is 0 Å². The number of hydrogen-bond donors (Lipinski definition) is 0. The van der Waals surface area contributed by atoms with Gasteiger partial charge in [0.05, 0.1) is 6.20 Å². The van der Waals surface area contributed by atoms with Crippen LogP contribution in [-0.2, 0) is 11.3 Å². The van der Waals surface area contributed by atoms with E-state index >= 15 is 0 Å². The molecule has 0 N–H and O–H groups in total. The van der Waals surface area contributed by atoms with Crippen molar-refractivity contribution in [1.82, 2.24) is 34.5 Å². The zero-order chi connectivity index (χ0) is 17.2. The summed E-state index contributed by atoms with van der Waals surface area (Å²) in [6.45, 7) is 5.58. The van der Waals surface area contributed by atoms with Gasteiger partial charge in [-0.15, -0.1) is 15.3 Å². The fourth-order valence-electron chi connectivity index (χ4n) is 3.03. The summed E-state index contributed by atoms with van der Waals surface area (Å²) in [5.74, 6) is 1.06. The molecule has 0 unspecified atom stereocenters. The van der Waals surface area contributed by atoms with Gasteiger partial charge in [0.15, 0.2) is 5.65 Å². The van der Waals surface area contributed by atoms with E-state index in [0.717, 1.165) is 30.1 Å². The number of rotatable bonds is 4. The van der Waals surface area contributed by atoms with Crippen LogP contribution >= 0.6 is 0 Å². The van der Waals surface area contributed by atoms with Crippen molar-refractivity contribution in [2.75, 3.05) is 31.1 Å². The molecule has 9 nitrogen and oxygen atoms in total. The lowest BCUT2D eigenvalue weighted by Crippen LogP contribution is -2.49. The number of carbonyl (C=O) groups is 1. The topological polar surface area (TPSA) is 84.5 Å². The third-order valence-electron chi connectivity index (χ3n) is 4.42. The molecule has 3 aromatic heterocycles. The smallest absolute Gasteiger partial charge is 0.224 e. The fraction of sp³-hybridized carbons (Fsp3) is 0.438. The second-order valence-electron chi connectivity index (χ2n) is 6.22. The third kappa shape index (κ3) is 3.30. The van der Waals surface area contributed by atoms with E-state index in [-0.39, 0.29) is 5.91 Å². The number of nitrogens with zero attached hydrogens (tertiary/aromatic N) is 8. The van der Waals surface area contributed by atoms with Gasteiger partial charge in [0.1, 0.15) is 12.1 Å². The van der Waals surface area contributed by atoms with Gasteiger partial charge in [-0.3, -0.25) is 9.48 Å². The van der Waals surface area contributed by atoms with Crippen molar-refractivity contribution < 1.29 is 4.79 Å². The van der Waals surface area contributed by atoms with Gasteiger partial charge < -0.3 is 9.80 Å². The first-order valence-corrected chi connectivity index (χ1v) is 8.38. The Hall–Kier alpha value is -2.97. The predicted octanol–water partition coefficient (Wildman–Crippen LogP) is 0.368. The summed E-state index contributed by atoms with van der Waals surface area (Å²) in [4.78, 5) is 16.5. The Morgan fingerprint density at radius 2 is 2.04 bits per heavy atom. The third-order valence-corrected chi connectivity index (χ3v) is 4.42. The lowest BCUT2D eigenvalue weighted by Gasteiger charge is -2.35. The first kappa shape index (κ1) is 15.6. The first-order valence-electron chi connectivity index (χ1n) is 8.38. The number of aryl methyl sites for hydroxylation is 2. The Balaban J connectivity index is 1.32. The number of fused-ring (bicyclic) bond motifs is 1. The number of piperazine rings is 1. The SMILES string of the molecule is Cc1cnn(CCC(=O)N2CCN(c3ccc4nncn4n3)CC2)c1. The van der Waals surface area contributed by atoms with E-state index in [1.165, 1.54) is 0 Å². The predicted molar refractivity (Wildman–Crippen MR) is 91.2 cm³/mol. The van der Waals surface area contributed by atoms with Crippen molar-refractivity contribution in [3.63, 3.8) is 0 Å². The molecule has 0 atom stereocenters. The normalized spacial score (nSPS) is 15.1. The molecular formula is C16H20N8O. The minimum absolute atomic E-state index is 0.176. The van der Waals surface area contributed by atoms with Crippen LogP contribution in [0.4, 0.5) is 5.82 Å². The second-order valence-corrected chi connectivity index (χ2v) is 6.22. The lowest BCUT2D eigenvalue weighted by atomic mass is 10.2. The lowest BCUT2D eigenvalue weighted by molar-refractivity contribution is -0.131. The van der Waals surface area contributed by atoms with Crippen LogP contribution in [0, 0.1) is 6.92 Å². The van der Waals surface area contributed by atoms with Gasteiger partial charge in [0.25, 0.3) is 0 Å². The first-order chi connectivity index (χ1) is 12.2. The van der Waals surface area contributed by atoms with E-state index in [9.17, 15) is 4.79 Å². The van der Waals surface area contributed by atoms with Gasteiger partial charge in [0, 0.05) is 45.3 Å². The number of aromatic nitrogens is 6. The van der Waals surface area contributed by atoms with Crippen LogP contribution < -0.4 is 4.90 Å². The average Bonchev–Trinajstić information content (AvgIpc) is 3.27. The van der Waals surface area contributed by atoms with E-state index in [4.69, 9.17) is 0 Å². The standard InChI is InChI=1S/C16H20N8O/c1-13-10-18-23(11-13)5-4-16(25)22-8-6-21(7-9-22)15-3-2-14-19-17-12-24(14)20-15/h2-3,10-12H,4-9H2,1H3. The Kier molecular flexibility index (Phi) is 4.04. The van der Waals surface area contributed by atoms with Crippen LogP contribution in [0.5, 0.6) is 0 Å². The van der Waals surface area contributed by atoms with Crippen molar-refractivity contribution in [2.24, 2.45) is 0 Å². The summed E-state index contributed by atoms with van der Waals surface area (Å²) in [6, 6.07) is 3.85. The molecule has 1 saturated heterocycles. The summed E-state index contributed by atoms with van der Waals surface area (Å²) in [6.07, 6.45) is 5.84. The molecule has 0 radical (unpaired) electrons. The van der Waals surface area contributed by atoms with Crippen molar-refractivity contribution in [3.05, 3.63) is 36.4 Å². The zero-order valence-corrected chi connectivity index (χ0v) is 14.1. The van der Waals surface area contributed by atoms with E-state index in [0.29, 0.717) is 26.1 Å². The Morgan fingerprint density at radius 1 is 1.20 bits per heavy atom. The molecule has 1 aliphatic rings. The van der Waals surface area contributed by atoms with Gasteiger partial charge in [-0.05, 0) is 24.6 Å². The van der Waals surface area contributed by atoms with Crippen molar-refractivity contribution in [2.45, 2.75) is 19.9 Å². The molecule has 0 saturated carbocycles. The summed E-state index contributed by atoms with van der Waals surface area (Å²) >= 11 is 0. The molecule has 0 spiro atoms. The highest BCUT2D eigenvalue weighted by Gasteiger charge is 2.22. The monoisotopic (exact) mass is 340 g/mol. The molecule has 0 aliphatic carbocycles. The number of anilines is 1. The summed E-state index contributed by atoms with van der Waals surface area (Å²) in [5, 5.41) is 16.5. The summed E-state index contributed by atoms with van der Waals surface area (Å²) in [7, 11) is 0. The molecule has 1 fully saturated rings. The van der Waals surface area contributed by atoms with Gasteiger partial charge in [-0.1, -0.05) is 0 Å². The Bertz CT molecular complexity index is 877. The molecule has 1 aliphatic heterocycles. The molecule has 4 heterocycles. The Morgan fingerprint density at radius 3 is 2.80 bits per heavy atom. The molecule has 9 heteroatoms. The molecule has 0 aromatic carbocycles. The van der Waals surface area contributed by atoms with Crippen LogP contribution in [0.25, 0.3) is 5.65 Å². The highest BCUT2D eigenvalue weighted by molar-refractivity contribution is 5.76. The molecule has 25 heavy (non-hydrogen) atoms. The van der Waals surface area contributed by atoms with E-state index in [1.54, 1.807) is 10.8 Å². The summed E-state index contributed by atoms with van der Waals surface area (Å²) < 4.78 is 3.49.